The minimum absolute atomic E-state index is 0.104. The van der Waals surface area contributed by atoms with Gasteiger partial charge in [0.2, 0.25) is 5.91 Å². The van der Waals surface area contributed by atoms with Crippen LogP contribution in [0.4, 0.5) is 0 Å². The molecule has 0 radical (unpaired) electrons. The fourth-order valence-corrected chi connectivity index (χ4v) is 2.52. The van der Waals surface area contributed by atoms with E-state index in [0.717, 1.165) is 5.56 Å². The number of ether oxygens (including phenoxy) is 1. The van der Waals surface area contributed by atoms with Crippen LogP contribution in [0.5, 0.6) is 5.75 Å². The molecule has 0 fully saturated rings. The number of nitrogens with two attached hydrogens (primary N) is 1. The Kier molecular flexibility index (Phi) is 5.80. The summed E-state index contributed by atoms with van der Waals surface area (Å²) in [6, 6.07) is 15.6. The predicted octanol–water partition coefficient (Wildman–Crippen LogP) is 2.71. The SMILES string of the molecule is CC(C)(C)c1ccccc1OCC(=O)N[C@@H](C(N)=O)c1ccccc1. The Morgan fingerprint density at radius 2 is 1.64 bits per heavy atom. The van der Waals surface area contributed by atoms with Gasteiger partial charge in [-0.05, 0) is 22.6 Å². The molecule has 2 amide bonds. The largest absolute Gasteiger partial charge is 0.483 e. The van der Waals surface area contributed by atoms with Crippen LogP contribution in [0.15, 0.2) is 54.6 Å². The Morgan fingerprint density at radius 1 is 1.04 bits per heavy atom. The van der Waals surface area contributed by atoms with Crippen molar-refractivity contribution in [2.45, 2.75) is 32.2 Å². The molecule has 0 saturated carbocycles. The second-order valence-electron chi connectivity index (χ2n) is 6.85. The molecule has 0 saturated heterocycles. The van der Waals surface area contributed by atoms with Crippen molar-refractivity contribution in [2.24, 2.45) is 5.73 Å². The number of nitrogens with one attached hydrogen (secondary N) is 1. The Bertz CT molecular complexity index is 736. The van der Waals surface area contributed by atoms with Gasteiger partial charge in [-0.15, -0.1) is 0 Å². The summed E-state index contributed by atoms with van der Waals surface area (Å²) in [7, 11) is 0. The monoisotopic (exact) mass is 340 g/mol. The van der Waals surface area contributed by atoms with Crippen LogP contribution in [0, 0.1) is 0 Å². The summed E-state index contributed by atoms with van der Waals surface area (Å²) in [5.41, 5.74) is 6.96. The highest BCUT2D eigenvalue weighted by atomic mass is 16.5. The van der Waals surface area contributed by atoms with Crippen LogP contribution in [0.2, 0.25) is 0 Å². The zero-order chi connectivity index (χ0) is 18.4. The molecular formula is C20H24N2O3. The summed E-state index contributed by atoms with van der Waals surface area (Å²) in [6.45, 7) is 6.04. The molecule has 2 rings (SSSR count). The smallest absolute Gasteiger partial charge is 0.258 e. The van der Waals surface area contributed by atoms with Crippen molar-refractivity contribution in [3.63, 3.8) is 0 Å². The van der Waals surface area contributed by atoms with Crippen molar-refractivity contribution in [3.05, 3.63) is 65.7 Å². The molecule has 0 aliphatic carbocycles. The van der Waals surface area contributed by atoms with E-state index in [4.69, 9.17) is 10.5 Å². The van der Waals surface area contributed by atoms with Gasteiger partial charge in [0, 0.05) is 0 Å². The van der Waals surface area contributed by atoms with Gasteiger partial charge in [0.05, 0.1) is 0 Å². The van der Waals surface area contributed by atoms with E-state index in [1.165, 1.54) is 0 Å². The zero-order valence-corrected chi connectivity index (χ0v) is 14.8. The molecule has 0 aromatic heterocycles. The van der Waals surface area contributed by atoms with Crippen molar-refractivity contribution < 1.29 is 14.3 Å². The lowest BCUT2D eigenvalue weighted by molar-refractivity contribution is -0.128. The lowest BCUT2D eigenvalue weighted by atomic mass is 9.86. The fraction of sp³-hybridized carbons (Fsp3) is 0.300. The molecule has 2 aromatic rings. The topological polar surface area (TPSA) is 81.4 Å². The van der Waals surface area contributed by atoms with E-state index in [-0.39, 0.29) is 12.0 Å². The third-order valence-electron chi connectivity index (χ3n) is 3.78. The standard InChI is InChI=1S/C20H24N2O3/c1-20(2,3)15-11-7-8-12-16(15)25-13-17(23)22-18(19(21)24)14-9-5-4-6-10-14/h4-12,18H,13H2,1-3H3,(H2,21,24)(H,22,23)/t18-/m1/s1. The van der Waals surface area contributed by atoms with Crippen LogP contribution in [-0.2, 0) is 15.0 Å². The van der Waals surface area contributed by atoms with E-state index >= 15 is 0 Å². The van der Waals surface area contributed by atoms with Crippen molar-refractivity contribution in [1.29, 1.82) is 0 Å². The van der Waals surface area contributed by atoms with Crippen molar-refractivity contribution >= 4 is 11.8 Å². The van der Waals surface area contributed by atoms with Crippen LogP contribution in [0.3, 0.4) is 0 Å². The molecule has 1 atom stereocenters. The first-order valence-corrected chi connectivity index (χ1v) is 8.15. The molecule has 0 unspecified atom stereocenters. The predicted molar refractivity (Wildman–Crippen MR) is 97.2 cm³/mol. The Balaban J connectivity index is 2.05. The van der Waals surface area contributed by atoms with Crippen LogP contribution >= 0.6 is 0 Å². The van der Waals surface area contributed by atoms with Crippen LogP contribution in [0.1, 0.15) is 37.9 Å². The average molecular weight is 340 g/mol. The van der Waals surface area contributed by atoms with E-state index in [1.807, 2.05) is 30.3 Å². The maximum absolute atomic E-state index is 12.2. The number of benzene rings is 2. The molecule has 0 aliphatic rings. The van der Waals surface area contributed by atoms with Gasteiger partial charge in [-0.2, -0.15) is 0 Å². The number of hydrogen-bond donors (Lipinski definition) is 2. The first kappa shape index (κ1) is 18.5. The molecule has 5 nitrogen and oxygen atoms in total. The normalized spacial score (nSPS) is 12.3. The number of rotatable bonds is 6. The maximum atomic E-state index is 12.2. The Hall–Kier alpha value is -2.82. The average Bonchev–Trinajstić information content (AvgIpc) is 2.58. The molecule has 0 aliphatic heterocycles. The second-order valence-corrected chi connectivity index (χ2v) is 6.85. The third-order valence-corrected chi connectivity index (χ3v) is 3.78. The summed E-state index contributed by atoms with van der Waals surface area (Å²) >= 11 is 0. The maximum Gasteiger partial charge on any atom is 0.258 e. The number of primary amides is 1. The van der Waals surface area contributed by atoms with Gasteiger partial charge in [0.25, 0.3) is 5.91 Å². The molecule has 0 heterocycles. The molecule has 0 bridgehead atoms. The van der Waals surface area contributed by atoms with Crippen molar-refractivity contribution in [3.8, 4) is 5.75 Å². The second kappa shape index (κ2) is 7.83. The fourth-order valence-electron chi connectivity index (χ4n) is 2.52. The van der Waals surface area contributed by atoms with E-state index < -0.39 is 17.9 Å². The number of amides is 2. The van der Waals surface area contributed by atoms with Gasteiger partial charge < -0.3 is 15.8 Å². The van der Waals surface area contributed by atoms with Gasteiger partial charge in [-0.1, -0.05) is 69.3 Å². The van der Waals surface area contributed by atoms with E-state index in [0.29, 0.717) is 11.3 Å². The highest BCUT2D eigenvalue weighted by Gasteiger charge is 2.22. The molecule has 2 aromatic carbocycles. The number of carbonyl (C=O) groups excluding carboxylic acids is 2. The molecular weight excluding hydrogens is 316 g/mol. The quantitative estimate of drug-likeness (QED) is 0.848. The summed E-state index contributed by atoms with van der Waals surface area (Å²) in [5.74, 6) is -0.369. The number of para-hydroxylation sites is 1. The van der Waals surface area contributed by atoms with E-state index in [9.17, 15) is 9.59 Å². The number of hydrogen-bond acceptors (Lipinski definition) is 3. The third kappa shape index (κ3) is 5.08. The van der Waals surface area contributed by atoms with E-state index in [1.54, 1.807) is 24.3 Å². The molecule has 3 N–H and O–H groups in total. The highest BCUT2D eigenvalue weighted by Crippen LogP contribution is 2.30. The first-order valence-electron chi connectivity index (χ1n) is 8.15. The minimum atomic E-state index is -0.879. The Morgan fingerprint density at radius 3 is 2.24 bits per heavy atom. The van der Waals surface area contributed by atoms with Crippen LogP contribution in [0.25, 0.3) is 0 Å². The first-order chi connectivity index (χ1) is 11.8. The lowest BCUT2D eigenvalue weighted by Gasteiger charge is -2.23. The van der Waals surface area contributed by atoms with Gasteiger partial charge in [-0.3, -0.25) is 9.59 Å². The zero-order valence-electron chi connectivity index (χ0n) is 14.8. The highest BCUT2D eigenvalue weighted by molar-refractivity contribution is 5.88. The summed E-state index contributed by atoms with van der Waals surface area (Å²) in [6.07, 6.45) is 0. The number of carbonyl (C=O) groups is 2. The van der Waals surface area contributed by atoms with Gasteiger partial charge >= 0.3 is 0 Å². The molecule has 25 heavy (non-hydrogen) atoms. The van der Waals surface area contributed by atoms with Gasteiger partial charge in [0.1, 0.15) is 11.8 Å². The summed E-state index contributed by atoms with van der Waals surface area (Å²) in [4.78, 5) is 23.9. The molecule has 132 valence electrons. The van der Waals surface area contributed by atoms with Gasteiger partial charge in [-0.25, -0.2) is 0 Å². The Labute approximate surface area is 148 Å². The van der Waals surface area contributed by atoms with Crippen LogP contribution < -0.4 is 15.8 Å². The minimum Gasteiger partial charge on any atom is -0.483 e. The van der Waals surface area contributed by atoms with Gasteiger partial charge in [0.15, 0.2) is 6.61 Å². The summed E-state index contributed by atoms with van der Waals surface area (Å²) in [5, 5.41) is 2.62. The summed E-state index contributed by atoms with van der Waals surface area (Å²) < 4.78 is 5.68. The molecule has 0 spiro atoms. The van der Waals surface area contributed by atoms with Crippen molar-refractivity contribution in [1.82, 2.24) is 5.32 Å². The lowest BCUT2D eigenvalue weighted by Crippen LogP contribution is -2.39. The van der Waals surface area contributed by atoms with Crippen LogP contribution in [-0.4, -0.2) is 18.4 Å². The van der Waals surface area contributed by atoms with E-state index in [2.05, 4.69) is 26.1 Å². The molecule has 5 heteroatoms. The van der Waals surface area contributed by atoms with Crippen molar-refractivity contribution in [2.75, 3.05) is 6.61 Å².